The second-order valence-corrected chi connectivity index (χ2v) is 7.00. The summed E-state index contributed by atoms with van der Waals surface area (Å²) in [5, 5.41) is 3.23. The predicted molar refractivity (Wildman–Crippen MR) is 93.9 cm³/mol. The summed E-state index contributed by atoms with van der Waals surface area (Å²) in [6, 6.07) is 8.73. The third-order valence-corrected chi connectivity index (χ3v) is 4.92. The Hall–Kier alpha value is -1.55. The average molecular weight is 361 g/mol. The number of ketones is 1. The smallest absolute Gasteiger partial charge is 0.183 e. The summed E-state index contributed by atoms with van der Waals surface area (Å²) in [6.45, 7) is 6.51. The van der Waals surface area contributed by atoms with E-state index in [1.54, 1.807) is 0 Å². The molecule has 1 fully saturated rings. The van der Waals surface area contributed by atoms with Crippen molar-refractivity contribution < 1.29 is 4.79 Å². The fourth-order valence-electron chi connectivity index (χ4n) is 2.99. The molecular weight excluding hydrogens is 340 g/mol. The number of benzene rings is 1. The van der Waals surface area contributed by atoms with E-state index in [9.17, 15) is 4.79 Å². The van der Waals surface area contributed by atoms with E-state index >= 15 is 0 Å². The Kier molecular flexibility index (Phi) is 4.13. The maximum atomic E-state index is 12.5. The molecule has 0 spiro atoms. The number of nitrogens with zero attached hydrogens (tertiary/aromatic N) is 1. The molecule has 1 saturated carbocycles. The van der Waals surface area contributed by atoms with E-state index in [1.165, 1.54) is 24.1 Å². The van der Waals surface area contributed by atoms with Crippen LogP contribution in [0.15, 0.2) is 28.7 Å². The lowest BCUT2D eigenvalue weighted by atomic mass is 10.1. The first-order chi connectivity index (χ1) is 10.5. The normalized spacial score (nSPS) is 14.2. The van der Waals surface area contributed by atoms with E-state index in [1.807, 2.05) is 31.2 Å². The highest BCUT2D eigenvalue weighted by Gasteiger charge is 2.28. The first-order valence-electron chi connectivity index (χ1n) is 7.69. The first-order valence-corrected chi connectivity index (χ1v) is 8.48. The zero-order chi connectivity index (χ0) is 15.9. The number of carbonyl (C=O) groups excluding carboxylic acids is 1. The van der Waals surface area contributed by atoms with Crippen LogP contribution in [0.1, 0.15) is 46.2 Å². The molecule has 0 radical (unpaired) electrons. The third kappa shape index (κ3) is 2.98. The summed E-state index contributed by atoms with van der Waals surface area (Å²) in [6.07, 6.45) is 2.47. The van der Waals surface area contributed by atoms with Crippen LogP contribution in [-0.2, 0) is 0 Å². The van der Waals surface area contributed by atoms with Crippen LogP contribution in [0.2, 0.25) is 0 Å². The maximum absolute atomic E-state index is 12.5. The Morgan fingerprint density at radius 1 is 1.27 bits per heavy atom. The van der Waals surface area contributed by atoms with Gasteiger partial charge in [0.1, 0.15) is 0 Å². The van der Waals surface area contributed by atoms with Crippen LogP contribution in [-0.4, -0.2) is 16.9 Å². The van der Waals surface area contributed by atoms with Gasteiger partial charge in [-0.05, 0) is 73.3 Å². The van der Waals surface area contributed by atoms with Crippen molar-refractivity contribution in [3.05, 3.63) is 51.3 Å². The molecule has 0 saturated heterocycles. The second kappa shape index (κ2) is 5.92. The van der Waals surface area contributed by atoms with Gasteiger partial charge in [-0.1, -0.05) is 6.07 Å². The Morgan fingerprint density at radius 2 is 2.00 bits per heavy atom. The standard InChI is InChI=1S/C18H21BrN2O/c1-11-4-7-17(16(19)8-11)20-10-18(22)15-9-12(2)21(13(15)3)14-5-6-14/h4,7-9,14,20H,5-6,10H2,1-3H3. The number of aryl methyl sites for hydroxylation is 2. The lowest BCUT2D eigenvalue weighted by Gasteiger charge is -2.10. The number of anilines is 1. The van der Waals surface area contributed by atoms with Gasteiger partial charge in [0.2, 0.25) is 0 Å². The molecule has 1 aliphatic rings. The van der Waals surface area contributed by atoms with E-state index < -0.39 is 0 Å². The Labute approximate surface area is 139 Å². The van der Waals surface area contributed by atoms with Crippen molar-refractivity contribution in [1.29, 1.82) is 0 Å². The van der Waals surface area contributed by atoms with Crippen LogP contribution < -0.4 is 5.32 Å². The molecule has 4 heteroatoms. The fourth-order valence-corrected chi connectivity index (χ4v) is 3.62. The number of halogens is 1. The topological polar surface area (TPSA) is 34.0 Å². The van der Waals surface area contributed by atoms with E-state index in [-0.39, 0.29) is 5.78 Å². The van der Waals surface area contributed by atoms with Gasteiger partial charge in [0.15, 0.2) is 5.78 Å². The van der Waals surface area contributed by atoms with Gasteiger partial charge in [-0.15, -0.1) is 0 Å². The van der Waals surface area contributed by atoms with Gasteiger partial charge in [0.05, 0.1) is 6.54 Å². The molecular formula is C18H21BrN2O. The number of nitrogens with one attached hydrogen (secondary N) is 1. The molecule has 0 bridgehead atoms. The van der Waals surface area contributed by atoms with Crippen molar-refractivity contribution in [3.63, 3.8) is 0 Å². The summed E-state index contributed by atoms with van der Waals surface area (Å²) >= 11 is 3.53. The highest BCUT2D eigenvalue weighted by molar-refractivity contribution is 9.10. The van der Waals surface area contributed by atoms with Crippen LogP contribution in [0.5, 0.6) is 0 Å². The number of carbonyl (C=O) groups is 1. The van der Waals surface area contributed by atoms with Crippen molar-refractivity contribution in [3.8, 4) is 0 Å². The molecule has 0 atom stereocenters. The monoisotopic (exact) mass is 360 g/mol. The quantitative estimate of drug-likeness (QED) is 0.776. The highest BCUT2D eigenvalue weighted by atomic mass is 79.9. The molecule has 1 aromatic carbocycles. The van der Waals surface area contributed by atoms with E-state index in [2.05, 4.69) is 39.7 Å². The van der Waals surface area contributed by atoms with Crippen LogP contribution in [0.3, 0.4) is 0 Å². The maximum Gasteiger partial charge on any atom is 0.183 e. The third-order valence-electron chi connectivity index (χ3n) is 4.26. The van der Waals surface area contributed by atoms with Gasteiger partial charge >= 0.3 is 0 Å². The van der Waals surface area contributed by atoms with Crippen LogP contribution in [0.25, 0.3) is 0 Å². The molecule has 0 aliphatic heterocycles. The minimum atomic E-state index is 0.146. The molecule has 1 N–H and O–H groups in total. The van der Waals surface area contributed by atoms with Crippen molar-refractivity contribution in [1.82, 2.24) is 4.57 Å². The average Bonchev–Trinajstić information content (AvgIpc) is 3.24. The molecule has 2 aromatic rings. The summed E-state index contributed by atoms with van der Waals surface area (Å²) in [4.78, 5) is 12.5. The molecule has 3 nitrogen and oxygen atoms in total. The largest absolute Gasteiger partial charge is 0.377 e. The van der Waals surface area contributed by atoms with Gasteiger partial charge in [0.25, 0.3) is 0 Å². The summed E-state index contributed by atoms with van der Waals surface area (Å²) in [5.41, 5.74) is 5.29. The lowest BCUT2D eigenvalue weighted by molar-refractivity contribution is 0.101. The summed E-state index contributed by atoms with van der Waals surface area (Å²) < 4.78 is 3.30. The molecule has 0 unspecified atom stereocenters. The van der Waals surface area contributed by atoms with Gasteiger partial charge in [-0.2, -0.15) is 0 Å². The van der Waals surface area contributed by atoms with Gasteiger partial charge < -0.3 is 9.88 Å². The summed E-state index contributed by atoms with van der Waals surface area (Å²) in [5.74, 6) is 0.146. The van der Waals surface area contributed by atoms with Crippen molar-refractivity contribution in [2.45, 2.75) is 39.7 Å². The van der Waals surface area contributed by atoms with Gasteiger partial charge in [-0.3, -0.25) is 4.79 Å². The predicted octanol–water partition coefficient (Wildman–Crippen LogP) is 4.81. The number of Topliss-reactive ketones (excluding diaryl/α,β-unsaturated/α-hetero) is 1. The van der Waals surface area contributed by atoms with Gasteiger partial charge in [-0.25, -0.2) is 0 Å². The van der Waals surface area contributed by atoms with E-state index in [0.29, 0.717) is 12.6 Å². The Morgan fingerprint density at radius 3 is 2.64 bits per heavy atom. The Balaban J connectivity index is 1.73. The van der Waals surface area contributed by atoms with Crippen LogP contribution in [0, 0.1) is 20.8 Å². The molecule has 0 amide bonds. The molecule has 1 aliphatic carbocycles. The number of rotatable bonds is 5. The van der Waals surface area contributed by atoms with Crippen molar-refractivity contribution >= 4 is 27.4 Å². The number of hydrogen-bond donors (Lipinski definition) is 1. The second-order valence-electron chi connectivity index (χ2n) is 6.15. The minimum Gasteiger partial charge on any atom is -0.377 e. The minimum absolute atomic E-state index is 0.146. The summed E-state index contributed by atoms with van der Waals surface area (Å²) in [7, 11) is 0. The first kappa shape index (κ1) is 15.3. The molecule has 3 rings (SSSR count). The highest BCUT2D eigenvalue weighted by Crippen LogP contribution is 2.38. The molecule has 1 aromatic heterocycles. The van der Waals surface area contributed by atoms with Crippen LogP contribution >= 0.6 is 15.9 Å². The SMILES string of the molecule is Cc1ccc(NCC(=O)c2cc(C)n(C3CC3)c2C)c(Br)c1. The number of aromatic nitrogens is 1. The van der Waals surface area contributed by atoms with Crippen molar-refractivity contribution in [2.24, 2.45) is 0 Å². The molecule has 1 heterocycles. The van der Waals surface area contributed by atoms with Gasteiger partial charge in [0, 0.05) is 33.2 Å². The molecule has 116 valence electrons. The number of hydrogen-bond acceptors (Lipinski definition) is 2. The zero-order valence-electron chi connectivity index (χ0n) is 13.2. The fraction of sp³-hybridized carbons (Fsp3) is 0.389. The van der Waals surface area contributed by atoms with E-state index in [0.717, 1.165) is 21.4 Å². The van der Waals surface area contributed by atoms with Crippen LogP contribution in [0.4, 0.5) is 5.69 Å². The Bertz CT molecular complexity index is 729. The van der Waals surface area contributed by atoms with E-state index in [4.69, 9.17) is 0 Å². The lowest BCUT2D eigenvalue weighted by Crippen LogP contribution is -2.15. The van der Waals surface area contributed by atoms with Crippen molar-refractivity contribution in [2.75, 3.05) is 11.9 Å². The zero-order valence-corrected chi connectivity index (χ0v) is 14.8. The molecule has 22 heavy (non-hydrogen) atoms.